The van der Waals surface area contributed by atoms with Crippen molar-refractivity contribution in [2.24, 2.45) is 0 Å². The maximum Gasteiger partial charge on any atom is 0.251 e. The van der Waals surface area contributed by atoms with Gasteiger partial charge in [0.2, 0.25) is 0 Å². The molecule has 1 amide bonds. The fourth-order valence-corrected chi connectivity index (χ4v) is 2.23. The molecular weight excluding hydrogens is 320 g/mol. The molecule has 0 aliphatic heterocycles. The summed E-state index contributed by atoms with van der Waals surface area (Å²) < 4.78 is 6.45. The van der Waals surface area contributed by atoms with Crippen molar-refractivity contribution >= 4 is 21.8 Å². The first-order valence-corrected chi connectivity index (χ1v) is 6.95. The van der Waals surface area contributed by atoms with Crippen molar-refractivity contribution in [3.05, 3.63) is 57.8 Å². The third kappa shape index (κ3) is 3.57. The van der Waals surface area contributed by atoms with Crippen molar-refractivity contribution in [3.63, 3.8) is 0 Å². The van der Waals surface area contributed by atoms with Gasteiger partial charge < -0.3 is 10.1 Å². The van der Waals surface area contributed by atoms with E-state index in [9.17, 15) is 4.79 Å². The van der Waals surface area contributed by atoms with Gasteiger partial charge >= 0.3 is 0 Å². The van der Waals surface area contributed by atoms with Crippen LogP contribution >= 0.6 is 15.9 Å². The average Bonchev–Trinajstić information content (AvgIpc) is 2.45. The van der Waals surface area contributed by atoms with E-state index in [0.29, 0.717) is 17.9 Å². The van der Waals surface area contributed by atoms with Crippen LogP contribution < -0.4 is 10.1 Å². The van der Waals surface area contributed by atoms with Crippen LogP contribution in [0.1, 0.15) is 21.6 Å². The molecule has 1 aromatic carbocycles. The van der Waals surface area contributed by atoms with Crippen LogP contribution in [-0.4, -0.2) is 17.9 Å². The fourth-order valence-electron chi connectivity index (χ4n) is 1.73. The molecule has 0 aliphatic rings. The monoisotopic (exact) mass is 334 g/mol. The Morgan fingerprint density at radius 3 is 2.80 bits per heavy atom. The Morgan fingerprint density at radius 2 is 2.15 bits per heavy atom. The van der Waals surface area contributed by atoms with Gasteiger partial charge in [-0.15, -0.1) is 0 Å². The Bertz CT molecular complexity index is 629. The van der Waals surface area contributed by atoms with Crippen LogP contribution in [0.5, 0.6) is 5.75 Å². The molecular formula is C15H15BrN2O2. The number of halogens is 1. The SMILES string of the molecule is CNC(=O)c1ccc(OCc2cc(C)ccn2)c(Br)c1. The van der Waals surface area contributed by atoms with Gasteiger partial charge in [0.25, 0.3) is 5.91 Å². The number of amides is 1. The summed E-state index contributed by atoms with van der Waals surface area (Å²) in [7, 11) is 1.60. The summed E-state index contributed by atoms with van der Waals surface area (Å²) in [4.78, 5) is 15.7. The number of benzene rings is 1. The lowest BCUT2D eigenvalue weighted by molar-refractivity contribution is 0.0963. The highest BCUT2D eigenvalue weighted by Crippen LogP contribution is 2.26. The lowest BCUT2D eigenvalue weighted by Crippen LogP contribution is -2.17. The van der Waals surface area contributed by atoms with Crippen LogP contribution in [0.25, 0.3) is 0 Å². The van der Waals surface area contributed by atoms with Gasteiger partial charge in [-0.25, -0.2) is 0 Å². The predicted octanol–water partition coefficient (Wildman–Crippen LogP) is 3.09. The predicted molar refractivity (Wildman–Crippen MR) is 80.8 cm³/mol. The number of pyridine rings is 1. The maximum absolute atomic E-state index is 11.5. The summed E-state index contributed by atoms with van der Waals surface area (Å²) in [5.74, 6) is 0.554. The van der Waals surface area contributed by atoms with E-state index in [1.807, 2.05) is 19.1 Å². The highest BCUT2D eigenvalue weighted by molar-refractivity contribution is 9.10. The Morgan fingerprint density at radius 1 is 1.35 bits per heavy atom. The Labute approximate surface area is 126 Å². The molecule has 0 unspecified atom stereocenters. The van der Waals surface area contributed by atoms with Gasteiger partial charge in [0.1, 0.15) is 12.4 Å². The average molecular weight is 335 g/mol. The molecule has 2 rings (SSSR count). The van der Waals surface area contributed by atoms with Gasteiger partial charge in [0, 0.05) is 18.8 Å². The molecule has 4 nitrogen and oxygen atoms in total. The van der Waals surface area contributed by atoms with Crippen LogP contribution in [0.2, 0.25) is 0 Å². The zero-order chi connectivity index (χ0) is 14.5. The lowest BCUT2D eigenvalue weighted by Gasteiger charge is -2.09. The Kier molecular flexibility index (Phi) is 4.74. The molecule has 0 spiro atoms. The zero-order valence-corrected chi connectivity index (χ0v) is 12.9. The third-order valence-corrected chi connectivity index (χ3v) is 3.39. The van der Waals surface area contributed by atoms with Crippen molar-refractivity contribution in [3.8, 4) is 5.75 Å². The summed E-state index contributed by atoms with van der Waals surface area (Å²) in [5.41, 5.74) is 2.60. The van der Waals surface area contributed by atoms with E-state index in [-0.39, 0.29) is 5.91 Å². The third-order valence-electron chi connectivity index (χ3n) is 2.77. The standard InChI is InChI=1S/C15H15BrN2O2/c1-10-5-6-18-12(7-10)9-20-14-4-3-11(8-13(14)16)15(19)17-2/h3-8H,9H2,1-2H3,(H,17,19). The van der Waals surface area contributed by atoms with Crippen LogP contribution in [0, 0.1) is 6.92 Å². The molecule has 0 atom stereocenters. The molecule has 2 aromatic rings. The second-order valence-corrected chi connectivity index (χ2v) is 5.19. The van der Waals surface area contributed by atoms with Crippen molar-refractivity contribution < 1.29 is 9.53 Å². The smallest absolute Gasteiger partial charge is 0.251 e. The number of aromatic nitrogens is 1. The van der Waals surface area contributed by atoms with Crippen molar-refractivity contribution in [1.82, 2.24) is 10.3 Å². The summed E-state index contributed by atoms with van der Waals surface area (Å²) in [5, 5.41) is 2.58. The minimum absolute atomic E-state index is 0.127. The van der Waals surface area contributed by atoms with E-state index < -0.39 is 0 Å². The number of nitrogens with one attached hydrogen (secondary N) is 1. The molecule has 0 saturated carbocycles. The van der Waals surface area contributed by atoms with Gasteiger partial charge in [-0.1, -0.05) is 0 Å². The van der Waals surface area contributed by atoms with Gasteiger partial charge in [-0.3, -0.25) is 9.78 Å². The second-order valence-electron chi connectivity index (χ2n) is 4.34. The van der Waals surface area contributed by atoms with Gasteiger partial charge in [-0.05, 0) is 58.7 Å². The van der Waals surface area contributed by atoms with E-state index >= 15 is 0 Å². The molecule has 5 heteroatoms. The van der Waals surface area contributed by atoms with E-state index in [2.05, 4.69) is 26.2 Å². The van der Waals surface area contributed by atoms with Crippen LogP contribution in [0.15, 0.2) is 41.0 Å². The Balaban J connectivity index is 2.08. The lowest BCUT2D eigenvalue weighted by atomic mass is 10.2. The number of nitrogens with zero attached hydrogens (tertiary/aromatic N) is 1. The fraction of sp³-hybridized carbons (Fsp3) is 0.200. The van der Waals surface area contributed by atoms with E-state index in [1.54, 1.807) is 31.4 Å². The number of carbonyl (C=O) groups excluding carboxylic acids is 1. The summed E-state index contributed by atoms with van der Waals surface area (Å²) in [6.45, 7) is 2.40. The second kappa shape index (κ2) is 6.52. The largest absolute Gasteiger partial charge is 0.486 e. The van der Waals surface area contributed by atoms with Gasteiger partial charge in [0.15, 0.2) is 0 Å². The first-order valence-electron chi connectivity index (χ1n) is 6.16. The molecule has 0 bridgehead atoms. The quantitative estimate of drug-likeness (QED) is 0.934. The first-order chi connectivity index (χ1) is 9.60. The number of carbonyl (C=O) groups is 1. The van der Waals surface area contributed by atoms with E-state index in [0.717, 1.165) is 15.7 Å². The minimum atomic E-state index is -0.127. The first kappa shape index (κ1) is 14.5. The van der Waals surface area contributed by atoms with Crippen LogP contribution in [0.4, 0.5) is 0 Å². The highest BCUT2D eigenvalue weighted by atomic mass is 79.9. The molecule has 0 saturated heterocycles. The number of rotatable bonds is 4. The topological polar surface area (TPSA) is 51.2 Å². The number of hydrogen-bond acceptors (Lipinski definition) is 3. The van der Waals surface area contributed by atoms with Crippen LogP contribution in [-0.2, 0) is 6.61 Å². The molecule has 0 fully saturated rings. The maximum atomic E-state index is 11.5. The van der Waals surface area contributed by atoms with Crippen molar-refractivity contribution in [1.29, 1.82) is 0 Å². The summed E-state index contributed by atoms with van der Waals surface area (Å²) >= 11 is 3.41. The number of aryl methyl sites for hydroxylation is 1. The van der Waals surface area contributed by atoms with E-state index in [4.69, 9.17) is 4.74 Å². The minimum Gasteiger partial charge on any atom is -0.486 e. The number of ether oxygens (including phenoxy) is 1. The molecule has 1 aromatic heterocycles. The van der Waals surface area contributed by atoms with Crippen molar-refractivity contribution in [2.75, 3.05) is 7.05 Å². The van der Waals surface area contributed by atoms with E-state index in [1.165, 1.54) is 0 Å². The van der Waals surface area contributed by atoms with Gasteiger partial charge in [0.05, 0.1) is 10.2 Å². The molecule has 1 heterocycles. The molecule has 1 N–H and O–H groups in total. The molecule has 0 radical (unpaired) electrons. The normalized spacial score (nSPS) is 10.2. The van der Waals surface area contributed by atoms with Gasteiger partial charge in [-0.2, -0.15) is 0 Å². The molecule has 0 aliphatic carbocycles. The number of hydrogen-bond donors (Lipinski definition) is 1. The zero-order valence-electron chi connectivity index (χ0n) is 11.3. The molecule has 20 heavy (non-hydrogen) atoms. The highest BCUT2D eigenvalue weighted by Gasteiger charge is 2.08. The van der Waals surface area contributed by atoms with Crippen molar-refractivity contribution in [2.45, 2.75) is 13.5 Å². The summed E-state index contributed by atoms with van der Waals surface area (Å²) in [6.07, 6.45) is 1.76. The van der Waals surface area contributed by atoms with Crippen LogP contribution in [0.3, 0.4) is 0 Å². The molecule has 104 valence electrons. The summed E-state index contributed by atoms with van der Waals surface area (Å²) in [6, 6.07) is 9.15. The Hall–Kier alpha value is -1.88.